The number of nitrogens with one attached hydrogen (secondary N) is 2. The summed E-state index contributed by atoms with van der Waals surface area (Å²) in [5, 5.41) is 17.2. The van der Waals surface area contributed by atoms with Gasteiger partial charge in [0.25, 0.3) is 5.91 Å². The predicted octanol–water partition coefficient (Wildman–Crippen LogP) is -0.0383. The van der Waals surface area contributed by atoms with Crippen LogP contribution in [0.15, 0.2) is 0 Å². The second-order valence-electron chi connectivity index (χ2n) is 3.26. The van der Waals surface area contributed by atoms with E-state index in [1.165, 1.54) is 0 Å². The number of carbonyl (C=O) groups excluding carboxylic acids is 1. The molecule has 0 aromatic carbocycles. The summed E-state index contributed by atoms with van der Waals surface area (Å²) in [6.07, 6.45) is 1.53. The van der Waals surface area contributed by atoms with E-state index in [1.54, 1.807) is 0 Å². The number of H-pyrrole nitrogens is 1. The van der Waals surface area contributed by atoms with Crippen molar-refractivity contribution in [3.63, 3.8) is 0 Å². The van der Waals surface area contributed by atoms with Crippen molar-refractivity contribution in [1.82, 2.24) is 20.5 Å². The van der Waals surface area contributed by atoms with Crippen molar-refractivity contribution in [2.75, 3.05) is 6.54 Å². The van der Waals surface area contributed by atoms with E-state index < -0.39 is 11.9 Å². The molecule has 0 aliphatic carbocycles. The molecular formula is C9H14N4O3. The molecule has 7 nitrogen and oxygen atoms in total. The average molecular weight is 226 g/mol. The molecule has 0 aliphatic rings. The molecule has 1 amide bonds. The van der Waals surface area contributed by atoms with Crippen molar-refractivity contribution < 1.29 is 14.7 Å². The van der Waals surface area contributed by atoms with Gasteiger partial charge in [0.2, 0.25) is 5.82 Å². The van der Waals surface area contributed by atoms with Crippen molar-refractivity contribution >= 4 is 11.9 Å². The average Bonchev–Trinajstić information content (AvgIpc) is 2.66. The molecule has 7 heteroatoms. The summed E-state index contributed by atoms with van der Waals surface area (Å²) in [6.45, 7) is 2.07. The van der Waals surface area contributed by atoms with Gasteiger partial charge in [-0.2, -0.15) is 0 Å². The van der Waals surface area contributed by atoms with E-state index in [9.17, 15) is 9.59 Å². The molecular weight excluding hydrogens is 212 g/mol. The second kappa shape index (κ2) is 5.84. The van der Waals surface area contributed by atoms with Crippen LogP contribution >= 0.6 is 0 Å². The summed E-state index contributed by atoms with van der Waals surface area (Å²) in [4.78, 5) is 25.6. The lowest BCUT2D eigenvalue weighted by Crippen LogP contribution is -2.27. The molecule has 0 bridgehead atoms. The zero-order valence-electron chi connectivity index (χ0n) is 8.99. The highest BCUT2D eigenvalue weighted by Gasteiger charge is 2.11. The fraction of sp³-hybridized carbons (Fsp3) is 0.556. The zero-order chi connectivity index (χ0) is 12.0. The van der Waals surface area contributed by atoms with Gasteiger partial charge in [0.15, 0.2) is 0 Å². The van der Waals surface area contributed by atoms with Gasteiger partial charge in [0.1, 0.15) is 5.82 Å². The van der Waals surface area contributed by atoms with Gasteiger partial charge in [0.05, 0.1) is 6.42 Å². The fourth-order valence-corrected chi connectivity index (χ4v) is 1.11. The van der Waals surface area contributed by atoms with Gasteiger partial charge >= 0.3 is 5.97 Å². The van der Waals surface area contributed by atoms with Crippen molar-refractivity contribution in [3.8, 4) is 0 Å². The van der Waals surface area contributed by atoms with Crippen LogP contribution in [-0.4, -0.2) is 38.7 Å². The molecule has 0 radical (unpaired) electrons. The Kier molecular flexibility index (Phi) is 4.43. The number of aryl methyl sites for hydroxylation is 1. The molecule has 0 fully saturated rings. The molecule has 1 aromatic rings. The third-order valence-corrected chi connectivity index (χ3v) is 1.85. The Morgan fingerprint density at radius 3 is 2.88 bits per heavy atom. The third-order valence-electron chi connectivity index (χ3n) is 1.85. The van der Waals surface area contributed by atoms with Crippen molar-refractivity contribution in [3.05, 3.63) is 11.6 Å². The van der Waals surface area contributed by atoms with E-state index in [2.05, 4.69) is 20.5 Å². The predicted molar refractivity (Wildman–Crippen MR) is 55.0 cm³/mol. The first-order valence-corrected chi connectivity index (χ1v) is 5.04. The van der Waals surface area contributed by atoms with E-state index in [0.717, 1.165) is 12.8 Å². The maximum absolute atomic E-state index is 11.4. The van der Waals surface area contributed by atoms with Crippen molar-refractivity contribution in [2.45, 2.75) is 26.2 Å². The van der Waals surface area contributed by atoms with Gasteiger partial charge in [-0.25, -0.2) is 4.98 Å². The molecule has 1 aromatic heterocycles. The van der Waals surface area contributed by atoms with Gasteiger partial charge in [-0.15, -0.1) is 5.10 Å². The highest BCUT2D eigenvalue weighted by Crippen LogP contribution is 1.96. The highest BCUT2D eigenvalue weighted by atomic mass is 16.4. The normalized spacial score (nSPS) is 10.1. The first kappa shape index (κ1) is 12.2. The topological polar surface area (TPSA) is 108 Å². The van der Waals surface area contributed by atoms with Gasteiger partial charge in [-0.3, -0.25) is 14.7 Å². The largest absolute Gasteiger partial charge is 0.481 e. The monoisotopic (exact) mass is 226 g/mol. The maximum atomic E-state index is 11.4. The van der Waals surface area contributed by atoms with Crippen LogP contribution in [-0.2, 0) is 11.2 Å². The van der Waals surface area contributed by atoms with Gasteiger partial charge in [0, 0.05) is 13.0 Å². The molecule has 0 atom stereocenters. The lowest BCUT2D eigenvalue weighted by atomic mass is 10.3. The summed E-state index contributed by atoms with van der Waals surface area (Å²) in [7, 11) is 0. The van der Waals surface area contributed by atoms with Crippen LogP contribution in [0.5, 0.6) is 0 Å². The molecule has 0 aliphatic heterocycles. The molecule has 88 valence electrons. The summed E-state index contributed by atoms with van der Waals surface area (Å²) >= 11 is 0. The quantitative estimate of drug-likeness (QED) is 0.630. The minimum absolute atomic E-state index is 0.0499. The number of carboxylic acids is 1. The maximum Gasteiger partial charge on any atom is 0.305 e. The summed E-state index contributed by atoms with van der Waals surface area (Å²) in [5.41, 5.74) is 0. The fourth-order valence-electron chi connectivity index (χ4n) is 1.11. The SMILES string of the molecule is CCCc1nc(C(=O)NCCC(=O)O)n[nH]1. The number of carboxylic acid groups (broad SMARTS) is 1. The van der Waals surface area contributed by atoms with Crippen LogP contribution in [0.4, 0.5) is 0 Å². The summed E-state index contributed by atoms with van der Waals surface area (Å²) in [6, 6.07) is 0. The first-order chi connectivity index (χ1) is 7.63. The molecule has 0 spiro atoms. The minimum Gasteiger partial charge on any atom is -0.481 e. The summed E-state index contributed by atoms with van der Waals surface area (Å²) < 4.78 is 0. The third kappa shape index (κ3) is 3.68. The molecule has 3 N–H and O–H groups in total. The summed E-state index contributed by atoms with van der Waals surface area (Å²) in [5.74, 6) is -0.707. The van der Waals surface area contributed by atoms with Crippen LogP contribution in [0.2, 0.25) is 0 Å². The number of aliphatic carboxylic acids is 1. The Hall–Kier alpha value is -1.92. The van der Waals surface area contributed by atoms with Crippen LogP contribution in [0.25, 0.3) is 0 Å². The molecule has 16 heavy (non-hydrogen) atoms. The Labute approximate surface area is 92.3 Å². The minimum atomic E-state index is -0.957. The molecule has 1 heterocycles. The van der Waals surface area contributed by atoms with Crippen LogP contribution in [0, 0.1) is 0 Å². The van der Waals surface area contributed by atoms with Gasteiger partial charge in [-0.05, 0) is 6.42 Å². The van der Waals surface area contributed by atoms with Crippen molar-refractivity contribution in [2.24, 2.45) is 0 Å². The number of hydrogen-bond donors (Lipinski definition) is 3. The highest BCUT2D eigenvalue weighted by molar-refractivity contribution is 5.90. The van der Waals surface area contributed by atoms with E-state index in [1.807, 2.05) is 6.92 Å². The number of hydrogen-bond acceptors (Lipinski definition) is 4. The van der Waals surface area contributed by atoms with Gasteiger partial charge < -0.3 is 10.4 Å². The number of nitrogens with zero attached hydrogens (tertiary/aromatic N) is 2. The molecule has 0 unspecified atom stereocenters. The van der Waals surface area contributed by atoms with E-state index in [4.69, 9.17) is 5.11 Å². The Balaban J connectivity index is 2.43. The van der Waals surface area contributed by atoms with Crippen LogP contribution in [0.1, 0.15) is 36.2 Å². The van der Waals surface area contributed by atoms with Crippen LogP contribution < -0.4 is 5.32 Å². The van der Waals surface area contributed by atoms with Crippen molar-refractivity contribution in [1.29, 1.82) is 0 Å². The second-order valence-corrected chi connectivity index (χ2v) is 3.26. The van der Waals surface area contributed by atoms with E-state index in [-0.39, 0.29) is 18.8 Å². The number of amides is 1. The lowest BCUT2D eigenvalue weighted by molar-refractivity contribution is -0.136. The lowest BCUT2D eigenvalue weighted by Gasteiger charge is -1.98. The Morgan fingerprint density at radius 2 is 2.25 bits per heavy atom. The molecule has 0 saturated heterocycles. The standard InChI is InChI=1S/C9H14N4O3/c1-2-3-6-11-8(13-12-6)9(16)10-5-4-7(14)15/h2-5H2,1H3,(H,10,16)(H,14,15)(H,11,12,13). The first-order valence-electron chi connectivity index (χ1n) is 5.04. The number of rotatable bonds is 6. The Morgan fingerprint density at radius 1 is 1.50 bits per heavy atom. The van der Waals surface area contributed by atoms with Crippen LogP contribution in [0.3, 0.4) is 0 Å². The Bertz CT molecular complexity index is 375. The number of carbonyl (C=O) groups is 2. The molecule has 0 saturated carbocycles. The van der Waals surface area contributed by atoms with E-state index >= 15 is 0 Å². The molecule has 1 rings (SSSR count). The smallest absolute Gasteiger partial charge is 0.305 e. The van der Waals surface area contributed by atoms with Gasteiger partial charge in [-0.1, -0.05) is 6.92 Å². The van der Waals surface area contributed by atoms with E-state index in [0.29, 0.717) is 5.82 Å². The number of aromatic amines is 1. The number of aromatic nitrogens is 3. The zero-order valence-corrected chi connectivity index (χ0v) is 8.99.